The Morgan fingerprint density at radius 2 is 1.05 bits per heavy atom. The van der Waals surface area contributed by atoms with Crippen molar-refractivity contribution in [1.82, 2.24) is 0 Å². The van der Waals surface area contributed by atoms with Crippen molar-refractivity contribution in [3.05, 3.63) is 0 Å². The van der Waals surface area contributed by atoms with E-state index in [1.807, 2.05) is 0 Å². The maximum atomic E-state index is 9.78. The molecule has 0 aromatic rings. The van der Waals surface area contributed by atoms with Gasteiger partial charge in [0.2, 0.25) is 0 Å². The molecule has 7 nitrogen and oxygen atoms in total. The minimum Gasteiger partial charge on any atom is -0.396 e. The fraction of sp³-hybridized carbons (Fsp3) is 1.00. The van der Waals surface area contributed by atoms with Gasteiger partial charge in [-0.25, -0.2) is 0 Å². The van der Waals surface area contributed by atoms with E-state index in [-0.39, 0.29) is 51.7 Å². The molecule has 0 spiro atoms. The molecule has 4 fully saturated rings. The summed E-state index contributed by atoms with van der Waals surface area (Å²) >= 11 is 0. The van der Waals surface area contributed by atoms with E-state index in [2.05, 4.69) is 20.8 Å². The fourth-order valence-corrected chi connectivity index (χ4v) is 6.76. The molecule has 0 saturated carbocycles. The van der Waals surface area contributed by atoms with Crippen LogP contribution in [0.3, 0.4) is 0 Å². The summed E-state index contributed by atoms with van der Waals surface area (Å²) in [5, 5.41) is 28.4. The van der Waals surface area contributed by atoms with Crippen LogP contribution in [0.5, 0.6) is 0 Å². The highest BCUT2D eigenvalue weighted by atomic mass is 16.6. The molecule has 4 rings (SSSR count). The molecule has 4 heterocycles. The molecule has 3 N–H and O–H groups in total. The van der Waals surface area contributed by atoms with Crippen molar-refractivity contribution in [1.29, 1.82) is 0 Å². The van der Waals surface area contributed by atoms with Crippen molar-refractivity contribution >= 4 is 0 Å². The molecular formula is C30H58O7. The topological polar surface area (TPSA) is 97.6 Å². The third-order valence-corrected chi connectivity index (χ3v) is 8.66. The van der Waals surface area contributed by atoms with Crippen molar-refractivity contribution in [2.75, 3.05) is 19.8 Å². The Bertz CT molecular complexity index is 567. The Morgan fingerprint density at radius 3 is 1.43 bits per heavy atom. The van der Waals surface area contributed by atoms with Crippen molar-refractivity contribution in [3.8, 4) is 0 Å². The molecule has 0 bridgehead atoms. The van der Waals surface area contributed by atoms with Gasteiger partial charge in [0.15, 0.2) is 0 Å². The third-order valence-electron chi connectivity index (χ3n) is 8.66. The Balaban J connectivity index is 0.000000253. The number of rotatable bonds is 12. The first-order chi connectivity index (χ1) is 17.5. The van der Waals surface area contributed by atoms with E-state index in [0.717, 1.165) is 83.5 Å². The summed E-state index contributed by atoms with van der Waals surface area (Å²) in [6.07, 6.45) is 16.6. The van der Waals surface area contributed by atoms with Gasteiger partial charge >= 0.3 is 0 Å². The van der Waals surface area contributed by atoms with Crippen LogP contribution in [0, 0.1) is 0 Å². The molecule has 4 saturated heterocycles. The van der Waals surface area contributed by atoms with Crippen LogP contribution in [-0.4, -0.2) is 83.0 Å². The zero-order chi connectivity index (χ0) is 26.0. The number of unbranched alkanes of at least 4 members (excludes halogenated alkanes) is 1. The Hall–Kier alpha value is -0.280. The standard InChI is InChI=1S/C15H28O3.C14H26O4.CH4/c1-3-5-7-13-10-15(11-16)14(17-13)9-8-12(18-15)6-4-2;1-2-4-11-6-7-13-14(10-16,18-11)9-12(17-13)5-3-8-15;/h12-14,16H,3-11H2,1-2H3;11-13,15-16H,2-10H2,1H3;1H4/t12-,13-,14-,15+;11-,12-,13-,14+;/m00./s1. The first-order valence-electron chi connectivity index (χ1n) is 15.0. The van der Waals surface area contributed by atoms with Gasteiger partial charge in [-0.05, 0) is 57.8 Å². The molecule has 4 aliphatic rings. The summed E-state index contributed by atoms with van der Waals surface area (Å²) in [5.74, 6) is 0. The van der Waals surface area contributed by atoms with Gasteiger partial charge in [0.1, 0.15) is 11.2 Å². The van der Waals surface area contributed by atoms with Crippen LogP contribution >= 0.6 is 0 Å². The van der Waals surface area contributed by atoms with Gasteiger partial charge in [0, 0.05) is 19.4 Å². The van der Waals surface area contributed by atoms with E-state index >= 15 is 0 Å². The zero-order valence-electron chi connectivity index (χ0n) is 23.2. The van der Waals surface area contributed by atoms with E-state index in [1.54, 1.807) is 0 Å². The van der Waals surface area contributed by atoms with Crippen LogP contribution in [0.1, 0.15) is 125 Å². The summed E-state index contributed by atoms with van der Waals surface area (Å²) in [6.45, 7) is 6.92. The average molecular weight is 531 g/mol. The van der Waals surface area contributed by atoms with Crippen LogP contribution in [0.25, 0.3) is 0 Å². The molecule has 0 radical (unpaired) electrons. The maximum absolute atomic E-state index is 9.78. The SMILES string of the molecule is C.CCCC[C@H]1C[C@]2(CO)O[C@@H](CCC)CC[C@@H]2O1.CCC[C@H]1CC[C@@H]2O[C@@H](CCCO)C[C@]2(CO)O1. The highest BCUT2D eigenvalue weighted by molar-refractivity contribution is 5.02. The quantitative estimate of drug-likeness (QED) is 0.315. The number of hydrogen-bond acceptors (Lipinski definition) is 7. The molecule has 0 aromatic heterocycles. The lowest BCUT2D eigenvalue weighted by atomic mass is 9.86. The van der Waals surface area contributed by atoms with Crippen molar-refractivity contribution < 1.29 is 34.3 Å². The summed E-state index contributed by atoms with van der Waals surface area (Å²) < 4.78 is 24.5. The Kier molecular flexibility index (Phi) is 14.3. The van der Waals surface area contributed by atoms with E-state index < -0.39 is 11.2 Å². The second kappa shape index (κ2) is 16.1. The first kappa shape index (κ1) is 32.9. The summed E-state index contributed by atoms with van der Waals surface area (Å²) in [7, 11) is 0. The number of aliphatic hydroxyl groups is 3. The second-order valence-corrected chi connectivity index (χ2v) is 11.6. The smallest absolute Gasteiger partial charge is 0.120 e. The minimum atomic E-state index is -0.474. The molecule has 0 aliphatic carbocycles. The predicted molar refractivity (Wildman–Crippen MR) is 147 cm³/mol. The van der Waals surface area contributed by atoms with Gasteiger partial charge < -0.3 is 34.3 Å². The number of aliphatic hydroxyl groups excluding tert-OH is 3. The van der Waals surface area contributed by atoms with E-state index in [4.69, 9.17) is 24.1 Å². The van der Waals surface area contributed by atoms with Gasteiger partial charge in [-0.3, -0.25) is 0 Å². The molecule has 0 amide bonds. The molecule has 4 aliphatic heterocycles. The molecule has 220 valence electrons. The normalized spacial score (nSPS) is 38.8. The number of hydrogen-bond donors (Lipinski definition) is 3. The lowest BCUT2D eigenvalue weighted by molar-refractivity contribution is -0.183. The van der Waals surface area contributed by atoms with Gasteiger partial charge in [0.25, 0.3) is 0 Å². The van der Waals surface area contributed by atoms with E-state index in [0.29, 0.717) is 12.2 Å². The van der Waals surface area contributed by atoms with Gasteiger partial charge in [-0.15, -0.1) is 0 Å². The number of ether oxygens (including phenoxy) is 4. The lowest BCUT2D eigenvalue weighted by Gasteiger charge is -2.40. The lowest BCUT2D eigenvalue weighted by Crippen LogP contribution is -2.51. The molecule has 0 unspecified atom stereocenters. The highest BCUT2D eigenvalue weighted by Crippen LogP contribution is 2.44. The zero-order valence-corrected chi connectivity index (χ0v) is 23.2. The third kappa shape index (κ3) is 8.36. The largest absolute Gasteiger partial charge is 0.396 e. The first-order valence-corrected chi connectivity index (χ1v) is 15.0. The maximum Gasteiger partial charge on any atom is 0.120 e. The number of fused-ring (bicyclic) bond motifs is 2. The van der Waals surface area contributed by atoms with Gasteiger partial charge in [-0.2, -0.15) is 0 Å². The van der Waals surface area contributed by atoms with Gasteiger partial charge in [-0.1, -0.05) is 53.9 Å². The average Bonchev–Trinajstić information content (AvgIpc) is 3.45. The van der Waals surface area contributed by atoms with Crippen molar-refractivity contribution in [3.63, 3.8) is 0 Å². The van der Waals surface area contributed by atoms with Crippen LogP contribution < -0.4 is 0 Å². The van der Waals surface area contributed by atoms with Crippen molar-refractivity contribution in [2.45, 2.75) is 172 Å². The van der Waals surface area contributed by atoms with Crippen LogP contribution in [0.2, 0.25) is 0 Å². The molecular weight excluding hydrogens is 472 g/mol. The fourth-order valence-electron chi connectivity index (χ4n) is 6.76. The molecule has 7 heteroatoms. The molecule has 37 heavy (non-hydrogen) atoms. The minimum absolute atomic E-state index is 0. The van der Waals surface area contributed by atoms with Crippen LogP contribution in [-0.2, 0) is 18.9 Å². The Labute approximate surface area is 226 Å². The van der Waals surface area contributed by atoms with E-state index in [1.165, 1.54) is 12.8 Å². The predicted octanol–water partition coefficient (Wildman–Crippen LogP) is 5.31. The summed E-state index contributed by atoms with van der Waals surface area (Å²) in [5.41, 5.74) is -0.866. The summed E-state index contributed by atoms with van der Waals surface area (Å²) in [6, 6.07) is 0. The Morgan fingerprint density at radius 1 is 0.595 bits per heavy atom. The second-order valence-electron chi connectivity index (χ2n) is 11.6. The monoisotopic (exact) mass is 530 g/mol. The van der Waals surface area contributed by atoms with Crippen LogP contribution in [0.15, 0.2) is 0 Å². The van der Waals surface area contributed by atoms with E-state index in [9.17, 15) is 10.2 Å². The van der Waals surface area contributed by atoms with Gasteiger partial charge in [0.05, 0.1) is 49.8 Å². The van der Waals surface area contributed by atoms with Crippen molar-refractivity contribution in [2.24, 2.45) is 0 Å². The molecule has 8 atom stereocenters. The molecule has 0 aromatic carbocycles. The van der Waals surface area contributed by atoms with Crippen LogP contribution in [0.4, 0.5) is 0 Å². The summed E-state index contributed by atoms with van der Waals surface area (Å²) in [4.78, 5) is 0. The highest BCUT2D eigenvalue weighted by Gasteiger charge is 2.53.